The van der Waals surface area contributed by atoms with E-state index in [9.17, 15) is 4.79 Å². The van der Waals surface area contributed by atoms with Gasteiger partial charge in [-0.15, -0.1) is 0 Å². The zero-order chi connectivity index (χ0) is 19.6. The van der Waals surface area contributed by atoms with Crippen LogP contribution in [0.25, 0.3) is 6.08 Å². The van der Waals surface area contributed by atoms with E-state index in [2.05, 4.69) is 15.9 Å². The molecule has 1 amide bonds. The highest BCUT2D eigenvalue weighted by Crippen LogP contribution is 2.40. The van der Waals surface area contributed by atoms with Crippen molar-refractivity contribution in [1.29, 1.82) is 0 Å². The molecule has 1 aliphatic heterocycles. The van der Waals surface area contributed by atoms with Crippen molar-refractivity contribution >= 4 is 61.9 Å². The molecule has 0 atom stereocenters. The third-order valence-corrected chi connectivity index (χ3v) is 6.01. The minimum Gasteiger partial charge on any atom is -0.493 e. The Morgan fingerprint density at radius 1 is 1.26 bits per heavy atom. The van der Waals surface area contributed by atoms with Crippen LogP contribution in [0.15, 0.2) is 45.8 Å². The van der Waals surface area contributed by atoms with E-state index in [4.69, 9.17) is 21.7 Å². The van der Waals surface area contributed by atoms with E-state index in [1.807, 2.05) is 56.3 Å². The van der Waals surface area contributed by atoms with E-state index >= 15 is 0 Å². The van der Waals surface area contributed by atoms with E-state index in [0.29, 0.717) is 27.3 Å². The van der Waals surface area contributed by atoms with Gasteiger partial charge in [0.15, 0.2) is 15.8 Å². The molecular weight excluding hydrogens is 446 g/mol. The van der Waals surface area contributed by atoms with Gasteiger partial charge in [0.25, 0.3) is 5.91 Å². The first-order chi connectivity index (χ1) is 13.0. The number of halogens is 1. The number of hydrogen-bond donors (Lipinski definition) is 0. The average molecular weight is 464 g/mol. The molecule has 1 heterocycles. The molecule has 0 aliphatic carbocycles. The predicted octanol–water partition coefficient (Wildman–Crippen LogP) is 5.57. The monoisotopic (exact) mass is 463 g/mol. The lowest BCUT2D eigenvalue weighted by atomic mass is 10.1. The summed E-state index contributed by atoms with van der Waals surface area (Å²) in [5.41, 5.74) is 2.63. The van der Waals surface area contributed by atoms with Gasteiger partial charge in [0.1, 0.15) is 0 Å². The van der Waals surface area contributed by atoms with Crippen LogP contribution in [0.2, 0.25) is 0 Å². The van der Waals surface area contributed by atoms with Crippen molar-refractivity contribution < 1.29 is 14.3 Å². The highest BCUT2D eigenvalue weighted by Gasteiger charge is 2.34. The van der Waals surface area contributed by atoms with Gasteiger partial charge in [-0.05, 0) is 49.2 Å². The highest BCUT2D eigenvalue weighted by atomic mass is 79.9. The maximum absolute atomic E-state index is 13.0. The molecule has 1 aliphatic rings. The first-order valence-electron chi connectivity index (χ1n) is 8.30. The number of aryl methyl sites for hydroxylation is 1. The molecule has 0 bridgehead atoms. The van der Waals surface area contributed by atoms with Gasteiger partial charge in [0.05, 0.1) is 24.3 Å². The number of rotatable bonds is 5. The van der Waals surface area contributed by atoms with Crippen LogP contribution in [0.3, 0.4) is 0 Å². The Bertz CT molecular complexity index is 943. The number of benzene rings is 2. The Balaban J connectivity index is 1.98. The number of carbonyl (C=O) groups excluding carboxylic acids is 1. The summed E-state index contributed by atoms with van der Waals surface area (Å²) in [6.07, 6.45) is 1.82. The second kappa shape index (κ2) is 8.46. The predicted molar refractivity (Wildman–Crippen MR) is 119 cm³/mol. The molecule has 27 heavy (non-hydrogen) atoms. The number of nitrogens with zero attached hydrogens (tertiary/aromatic N) is 1. The number of carbonyl (C=O) groups is 1. The molecule has 2 aromatic carbocycles. The van der Waals surface area contributed by atoms with Gasteiger partial charge in [-0.1, -0.05) is 58.1 Å². The van der Waals surface area contributed by atoms with E-state index in [-0.39, 0.29) is 5.91 Å². The number of amides is 1. The molecule has 1 fully saturated rings. The number of thiocarbonyl (C=S) groups is 1. The molecule has 4 nitrogen and oxygen atoms in total. The number of thioether (sulfide) groups is 1. The van der Waals surface area contributed by atoms with Gasteiger partial charge in [-0.3, -0.25) is 9.69 Å². The third kappa shape index (κ3) is 4.05. The summed E-state index contributed by atoms with van der Waals surface area (Å²) in [6, 6.07) is 11.4. The molecular formula is C20H18BrNO3S2. The lowest BCUT2D eigenvalue weighted by molar-refractivity contribution is -0.113. The van der Waals surface area contributed by atoms with Crippen molar-refractivity contribution in [2.24, 2.45) is 0 Å². The normalized spacial score (nSPS) is 15.6. The SMILES string of the molecule is CCOc1cc(Br)c(/C=C2\SC(=S)N(c3ccccc3C)C2=O)cc1OC. The Kier molecular flexibility index (Phi) is 6.24. The Morgan fingerprint density at radius 2 is 2.00 bits per heavy atom. The molecule has 1 saturated heterocycles. The molecule has 0 N–H and O–H groups in total. The largest absolute Gasteiger partial charge is 0.493 e. The van der Waals surface area contributed by atoms with E-state index < -0.39 is 0 Å². The van der Waals surface area contributed by atoms with Crippen LogP contribution < -0.4 is 14.4 Å². The van der Waals surface area contributed by atoms with Crippen LogP contribution in [-0.2, 0) is 4.79 Å². The molecule has 140 valence electrons. The second-order valence-corrected chi connectivity index (χ2v) is 8.29. The minimum atomic E-state index is -0.126. The average Bonchev–Trinajstić information content (AvgIpc) is 2.91. The maximum atomic E-state index is 13.0. The van der Waals surface area contributed by atoms with Crippen molar-refractivity contribution in [2.75, 3.05) is 18.6 Å². The Labute approximate surface area is 176 Å². The number of ether oxygens (including phenoxy) is 2. The summed E-state index contributed by atoms with van der Waals surface area (Å²) in [5.74, 6) is 1.14. The zero-order valence-corrected chi connectivity index (χ0v) is 18.3. The summed E-state index contributed by atoms with van der Waals surface area (Å²) in [5, 5.41) is 0. The highest BCUT2D eigenvalue weighted by molar-refractivity contribution is 9.10. The smallest absolute Gasteiger partial charge is 0.270 e. The number of para-hydroxylation sites is 1. The molecule has 7 heteroatoms. The van der Waals surface area contributed by atoms with Gasteiger partial charge in [0, 0.05) is 4.47 Å². The molecule has 0 unspecified atom stereocenters. The quantitative estimate of drug-likeness (QED) is 0.427. The summed E-state index contributed by atoms with van der Waals surface area (Å²) >= 11 is 10.3. The van der Waals surface area contributed by atoms with E-state index in [1.54, 1.807) is 12.0 Å². The summed E-state index contributed by atoms with van der Waals surface area (Å²) < 4.78 is 12.3. The van der Waals surface area contributed by atoms with Crippen molar-refractivity contribution in [3.8, 4) is 11.5 Å². The van der Waals surface area contributed by atoms with Crippen LogP contribution in [0, 0.1) is 6.92 Å². The van der Waals surface area contributed by atoms with Crippen molar-refractivity contribution in [1.82, 2.24) is 0 Å². The van der Waals surface area contributed by atoms with Crippen molar-refractivity contribution in [2.45, 2.75) is 13.8 Å². The molecule has 0 radical (unpaired) electrons. The first kappa shape index (κ1) is 19.9. The van der Waals surface area contributed by atoms with Gasteiger partial charge < -0.3 is 9.47 Å². The van der Waals surface area contributed by atoms with Crippen molar-refractivity contribution in [3.63, 3.8) is 0 Å². The maximum Gasteiger partial charge on any atom is 0.270 e. The standard InChI is InChI=1S/C20H18BrNO3S2/c1-4-25-17-11-14(21)13(9-16(17)24-3)10-18-19(23)22(20(26)27-18)15-8-6-5-7-12(15)2/h5-11H,4H2,1-3H3/b18-10-. The molecule has 2 aromatic rings. The molecule has 3 rings (SSSR count). The molecule has 0 saturated carbocycles. The van der Waals surface area contributed by atoms with Gasteiger partial charge in [-0.25, -0.2) is 0 Å². The lowest BCUT2D eigenvalue weighted by Crippen LogP contribution is -2.28. The Hall–Kier alpha value is -1.83. The van der Waals surface area contributed by atoms with Crippen LogP contribution >= 0.6 is 39.9 Å². The third-order valence-electron chi connectivity index (χ3n) is 4.02. The molecule has 0 spiro atoms. The fraction of sp³-hybridized carbons (Fsp3) is 0.200. The van der Waals surface area contributed by atoms with Gasteiger partial charge in [0.2, 0.25) is 0 Å². The van der Waals surface area contributed by atoms with Crippen LogP contribution in [-0.4, -0.2) is 23.9 Å². The summed E-state index contributed by atoms with van der Waals surface area (Å²) in [6.45, 7) is 4.42. The van der Waals surface area contributed by atoms with E-state index in [0.717, 1.165) is 21.3 Å². The van der Waals surface area contributed by atoms with Crippen LogP contribution in [0.5, 0.6) is 11.5 Å². The fourth-order valence-electron chi connectivity index (χ4n) is 2.72. The van der Waals surface area contributed by atoms with Crippen LogP contribution in [0.1, 0.15) is 18.1 Å². The second-order valence-electron chi connectivity index (χ2n) is 5.76. The van der Waals surface area contributed by atoms with E-state index in [1.165, 1.54) is 11.8 Å². The number of hydrogen-bond acceptors (Lipinski definition) is 5. The minimum absolute atomic E-state index is 0.126. The zero-order valence-electron chi connectivity index (χ0n) is 15.1. The van der Waals surface area contributed by atoms with Gasteiger partial charge >= 0.3 is 0 Å². The first-order valence-corrected chi connectivity index (χ1v) is 10.3. The topological polar surface area (TPSA) is 38.8 Å². The molecule has 0 aromatic heterocycles. The van der Waals surface area contributed by atoms with Gasteiger partial charge in [-0.2, -0.15) is 0 Å². The number of anilines is 1. The van der Waals surface area contributed by atoms with Crippen molar-refractivity contribution in [3.05, 3.63) is 56.9 Å². The fourth-order valence-corrected chi connectivity index (χ4v) is 4.43. The summed E-state index contributed by atoms with van der Waals surface area (Å²) in [4.78, 5) is 15.1. The Morgan fingerprint density at radius 3 is 2.67 bits per heavy atom. The number of methoxy groups -OCH3 is 1. The van der Waals surface area contributed by atoms with Crippen LogP contribution in [0.4, 0.5) is 5.69 Å². The summed E-state index contributed by atoms with van der Waals surface area (Å²) in [7, 11) is 1.59. The lowest BCUT2D eigenvalue weighted by Gasteiger charge is -2.16.